The molecule has 2 rings (SSSR count). The summed E-state index contributed by atoms with van der Waals surface area (Å²) in [5.41, 5.74) is 2.35. The number of halogens is 2. The van der Waals surface area contributed by atoms with Gasteiger partial charge < -0.3 is 0 Å². The molecule has 1 aliphatic heterocycles. The summed E-state index contributed by atoms with van der Waals surface area (Å²) >= 11 is 10.1. The zero-order valence-electron chi connectivity index (χ0n) is 11.5. The van der Waals surface area contributed by atoms with Crippen LogP contribution in [0.3, 0.4) is 0 Å². The zero-order chi connectivity index (χ0) is 13.5. The number of nitrogens with zero attached hydrogens (tertiary/aromatic N) is 3. The maximum absolute atomic E-state index is 6.31. The third-order valence-corrected chi connectivity index (χ3v) is 6.00. The summed E-state index contributed by atoms with van der Waals surface area (Å²) in [6, 6.07) is 0. The number of rotatable bonds is 2. The highest BCUT2D eigenvalue weighted by molar-refractivity contribution is 9.09. The number of aryl methyl sites for hydroxylation is 2. The number of alkyl halides is 1. The molecule has 3 nitrogen and oxygen atoms in total. The molecule has 0 spiro atoms. The Hall–Kier alpha value is -0.0600. The Morgan fingerprint density at radius 3 is 2.67 bits per heavy atom. The highest BCUT2D eigenvalue weighted by atomic mass is 79.9. The van der Waals surface area contributed by atoms with Crippen LogP contribution in [-0.2, 0) is 13.6 Å². The van der Waals surface area contributed by atoms with Crippen LogP contribution in [0.25, 0.3) is 0 Å². The molecule has 1 atom stereocenters. The fourth-order valence-corrected chi connectivity index (χ4v) is 3.21. The summed E-state index contributed by atoms with van der Waals surface area (Å²) in [5.74, 6) is 0. The summed E-state index contributed by atoms with van der Waals surface area (Å²) in [4.78, 5) is 3.07. The topological polar surface area (TPSA) is 21.1 Å². The van der Waals surface area contributed by atoms with Gasteiger partial charge in [-0.3, -0.25) is 9.58 Å². The van der Waals surface area contributed by atoms with Gasteiger partial charge in [-0.25, -0.2) is 0 Å². The van der Waals surface area contributed by atoms with E-state index in [9.17, 15) is 0 Å². The highest BCUT2D eigenvalue weighted by Crippen LogP contribution is 2.35. The number of likely N-dealkylation sites (tertiary alicyclic amines) is 1. The minimum absolute atomic E-state index is 0.304. The molecule has 2 heterocycles. The Morgan fingerprint density at radius 2 is 2.17 bits per heavy atom. The maximum Gasteiger partial charge on any atom is 0.0860 e. The van der Waals surface area contributed by atoms with Gasteiger partial charge in [0.25, 0.3) is 0 Å². The van der Waals surface area contributed by atoms with Crippen molar-refractivity contribution in [2.45, 2.75) is 38.6 Å². The van der Waals surface area contributed by atoms with Crippen LogP contribution >= 0.6 is 27.5 Å². The van der Waals surface area contributed by atoms with E-state index in [-0.39, 0.29) is 0 Å². The molecule has 1 aromatic heterocycles. The van der Waals surface area contributed by atoms with Crippen LogP contribution in [0.2, 0.25) is 5.02 Å². The van der Waals surface area contributed by atoms with Gasteiger partial charge in [-0.2, -0.15) is 5.10 Å². The summed E-state index contributed by atoms with van der Waals surface area (Å²) in [6.45, 7) is 9.67. The first-order chi connectivity index (χ1) is 8.31. The van der Waals surface area contributed by atoms with Crippen LogP contribution in [-0.4, -0.2) is 32.6 Å². The largest absolute Gasteiger partial charge is 0.297 e. The van der Waals surface area contributed by atoms with Crippen molar-refractivity contribution >= 4 is 27.5 Å². The lowest BCUT2D eigenvalue weighted by molar-refractivity contribution is 0.118. The van der Waals surface area contributed by atoms with Gasteiger partial charge in [0.05, 0.1) is 16.4 Å². The summed E-state index contributed by atoms with van der Waals surface area (Å²) < 4.78 is 1.91. The smallest absolute Gasteiger partial charge is 0.0860 e. The first-order valence-electron chi connectivity index (χ1n) is 6.35. The van der Waals surface area contributed by atoms with Crippen LogP contribution in [0.5, 0.6) is 0 Å². The first kappa shape index (κ1) is 14.4. The Balaban J connectivity index is 2.11. The lowest BCUT2D eigenvalue weighted by Gasteiger charge is -2.41. The molecule has 0 amide bonds. The van der Waals surface area contributed by atoms with Gasteiger partial charge in [-0.15, -0.1) is 0 Å². The van der Waals surface area contributed by atoms with Crippen molar-refractivity contribution in [3.63, 3.8) is 0 Å². The van der Waals surface area contributed by atoms with Gasteiger partial charge in [0, 0.05) is 25.0 Å². The Morgan fingerprint density at radius 1 is 1.50 bits per heavy atom. The molecule has 102 valence electrons. The summed E-state index contributed by atoms with van der Waals surface area (Å²) in [7, 11) is 1.97. The lowest BCUT2D eigenvalue weighted by atomic mass is 9.84. The van der Waals surface area contributed by atoms with Crippen LogP contribution in [0, 0.1) is 12.3 Å². The van der Waals surface area contributed by atoms with E-state index >= 15 is 0 Å². The molecular weight excluding hydrogens is 314 g/mol. The van der Waals surface area contributed by atoms with Crippen molar-refractivity contribution in [3.8, 4) is 0 Å². The van der Waals surface area contributed by atoms with Crippen LogP contribution in [0.1, 0.15) is 31.7 Å². The fraction of sp³-hybridized carbons (Fsp3) is 0.769. The fourth-order valence-electron chi connectivity index (χ4n) is 2.64. The number of aromatic nitrogens is 2. The number of hydrogen-bond donors (Lipinski definition) is 0. The molecule has 0 saturated carbocycles. The van der Waals surface area contributed by atoms with E-state index in [2.05, 4.69) is 39.8 Å². The molecule has 0 radical (unpaired) electrons. The van der Waals surface area contributed by atoms with Gasteiger partial charge >= 0.3 is 0 Å². The quantitative estimate of drug-likeness (QED) is 0.773. The predicted molar refractivity (Wildman–Crippen MR) is 79.3 cm³/mol. The molecule has 1 fully saturated rings. The first-order valence-corrected chi connectivity index (χ1v) is 7.65. The van der Waals surface area contributed by atoms with Crippen LogP contribution in [0.4, 0.5) is 0 Å². The maximum atomic E-state index is 6.31. The van der Waals surface area contributed by atoms with Crippen molar-refractivity contribution in [3.05, 3.63) is 16.4 Å². The SMILES string of the molecule is Cc1nn(C)c(CN2CCC(Br)C(C)(C)C2)c1Cl. The summed E-state index contributed by atoms with van der Waals surface area (Å²) in [5, 5.41) is 5.19. The third kappa shape index (κ3) is 2.75. The second-order valence-corrected chi connectivity index (χ2v) is 7.41. The van der Waals surface area contributed by atoms with Crippen molar-refractivity contribution in [1.82, 2.24) is 14.7 Å². The third-order valence-electron chi connectivity index (χ3n) is 3.81. The molecule has 1 saturated heterocycles. The van der Waals surface area contributed by atoms with Gasteiger partial charge in [-0.1, -0.05) is 41.4 Å². The predicted octanol–water partition coefficient (Wildman–Crippen LogP) is 3.38. The van der Waals surface area contributed by atoms with E-state index in [1.807, 2.05) is 18.7 Å². The van der Waals surface area contributed by atoms with Crippen LogP contribution in [0.15, 0.2) is 0 Å². The molecule has 0 aliphatic carbocycles. The molecule has 0 aromatic carbocycles. The Labute approximate surface area is 123 Å². The average Bonchev–Trinajstić information content (AvgIpc) is 2.50. The number of hydrogen-bond acceptors (Lipinski definition) is 2. The zero-order valence-corrected chi connectivity index (χ0v) is 13.8. The standard InChI is InChI=1S/C13H21BrClN3/c1-9-12(15)10(17(4)16-9)7-18-6-5-11(14)13(2,3)8-18/h11H,5-8H2,1-4H3. The van der Waals surface area contributed by atoms with Crippen molar-refractivity contribution in [1.29, 1.82) is 0 Å². The molecular formula is C13H21BrClN3. The normalized spacial score (nSPS) is 24.4. The minimum Gasteiger partial charge on any atom is -0.297 e. The van der Waals surface area contributed by atoms with Gasteiger partial charge in [0.15, 0.2) is 0 Å². The lowest BCUT2D eigenvalue weighted by Crippen LogP contribution is -2.46. The van der Waals surface area contributed by atoms with Gasteiger partial charge in [0.2, 0.25) is 0 Å². The monoisotopic (exact) mass is 333 g/mol. The van der Waals surface area contributed by atoms with E-state index < -0.39 is 0 Å². The van der Waals surface area contributed by atoms with Gasteiger partial charge in [0.1, 0.15) is 0 Å². The molecule has 0 N–H and O–H groups in total. The van der Waals surface area contributed by atoms with E-state index in [0.717, 1.165) is 36.0 Å². The molecule has 18 heavy (non-hydrogen) atoms. The van der Waals surface area contributed by atoms with Gasteiger partial charge in [-0.05, 0) is 25.3 Å². The summed E-state index contributed by atoms with van der Waals surface area (Å²) in [6.07, 6.45) is 1.18. The van der Waals surface area contributed by atoms with Crippen molar-refractivity contribution in [2.24, 2.45) is 12.5 Å². The second-order valence-electron chi connectivity index (χ2n) is 5.93. The number of piperidine rings is 1. The van der Waals surface area contributed by atoms with E-state index in [4.69, 9.17) is 11.6 Å². The highest BCUT2D eigenvalue weighted by Gasteiger charge is 2.34. The second kappa shape index (κ2) is 5.14. The Bertz CT molecular complexity index is 442. The van der Waals surface area contributed by atoms with E-state index in [0.29, 0.717) is 10.2 Å². The molecule has 1 aliphatic rings. The van der Waals surface area contributed by atoms with Crippen molar-refractivity contribution in [2.75, 3.05) is 13.1 Å². The minimum atomic E-state index is 0.304. The molecule has 1 aromatic rings. The van der Waals surface area contributed by atoms with Crippen molar-refractivity contribution < 1.29 is 0 Å². The van der Waals surface area contributed by atoms with Crippen LogP contribution < -0.4 is 0 Å². The van der Waals surface area contributed by atoms with E-state index in [1.165, 1.54) is 6.42 Å². The molecule has 0 bridgehead atoms. The average molecular weight is 335 g/mol. The molecule has 5 heteroatoms. The Kier molecular flexibility index (Phi) is 4.10. The van der Waals surface area contributed by atoms with E-state index in [1.54, 1.807) is 0 Å². The molecule has 1 unspecified atom stereocenters.